The van der Waals surface area contributed by atoms with Crippen molar-refractivity contribution in [3.8, 4) is 0 Å². The lowest BCUT2D eigenvalue weighted by Crippen LogP contribution is -2.07. The molecule has 3 rings (SSSR count). The molecule has 1 aliphatic rings. The molecule has 1 aromatic heterocycles. The quantitative estimate of drug-likeness (QED) is 0.634. The van der Waals surface area contributed by atoms with Crippen LogP contribution in [0.25, 0.3) is 0 Å². The van der Waals surface area contributed by atoms with Crippen molar-refractivity contribution in [1.82, 2.24) is 9.97 Å². The molecule has 1 aromatic carbocycles. The van der Waals surface area contributed by atoms with Crippen LogP contribution in [0.1, 0.15) is 37.7 Å². The Morgan fingerprint density at radius 1 is 1.21 bits per heavy atom. The van der Waals surface area contributed by atoms with Gasteiger partial charge >= 0.3 is 0 Å². The van der Waals surface area contributed by atoms with Crippen molar-refractivity contribution in [2.75, 3.05) is 17.2 Å². The van der Waals surface area contributed by atoms with Crippen LogP contribution in [0.4, 0.5) is 17.5 Å². The monoisotopic (exact) mass is 386 g/mol. The van der Waals surface area contributed by atoms with Crippen LogP contribution in [0.3, 0.4) is 0 Å². The highest BCUT2D eigenvalue weighted by Gasteiger charge is 2.05. The molecule has 4 nitrogen and oxygen atoms in total. The first kappa shape index (κ1) is 17.0. The molecule has 2 aromatic rings. The first-order valence-electron chi connectivity index (χ1n) is 8.49. The molecule has 0 atom stereocenters. The van der Waals surface area contributed by atoms with Crippen LogP contribution < -0.4 is 10.6 Å². The zero-order valence-corrected chi connectivity index (χ0v) is 15.6. The van der Waals surface area contributed by atoms with Crippen molar-refractivity contribution >= 4 is 33.4 Å². The van der Waals surface area contributed by atoms with Gasteiger partial charge in [-0.15, -0.1) is 0 Å². The summed E-state index contributed by atoms with van der Waals surface area (Å²) in [5.41, 5.74) is 3.74. The first-order chi connectivity index (χ1) is 11.7. The van der Waals surface area contributed by atoms with Gasteiger partial charge in [-0.1, -0.05) is 27.6 Å². The second-order valence-electron chi connectivity index (χ2n) is 6.14. The largest absolute Gasteiger partial charge is 0.370 e. The molecule has 0 aliphatic heterocycles. The minimum Gasteiger partial charge on any atom is -0.370 e. The summed E-state index contributed by atoms with van der Waals surface area (Å²) in [4.78, 5) is 8.84. The molecule has 0 spiro atoms. The van der Waals surface area contributed by atoms with E-state index in [1.165, 1.54) is 31.2 Å². The molecule has 0 fully saturated rings. The van der Waals surface area contributed by atoms with Crippen LogP contribution in [-0.2, 0) is 0 Å². The van der Waals surface area contributed by atoms with E-state index in [-0.39, 0.29) is 0 Å². The Bertz CT molecular complexity index is 727. The summed E-state index contributed by atoms with van der Waals surface area (Å²) in [5, 5.41) is 6.66. The summed E-state index contributed by atoms with van der Waals surface area (Å²) >= 11 is 3.51. The fourth-order valence-electron chi connectivity index (χ4n) is 2.85. The number of nitrogens with zero attached hydrogens (tertiary/aromatic N) is 2. The van der Waals surface area contributed by atoms with Gasteiger partial charge in [0.05, 0.1) is 0 Å². The molecular formula is C19H23BrN4. The fourth-order valence-corrected chi connectivity index (χ4v) is 3.10. The van der Waals surface area contributed by atoms with Gasteiger partial charge in [-0.2, -0.15) is 4.98 Å². The number of benzene rings is 1. The predicted molar refractivity (Wildman–Crippen MR) is 104 cm³/mol. The van der Waals surface area contributed by atoms with Gasteiger partial charge in [0.2, 0.25) is 5.95 Å². The standard InChI is InChI=1S/C19H23BrN4/c1-14-13-16(7-8-17(14)20)23-19-22-12-10-18(24-19)21-11-9-15-5-3-2-4-6-15/h5,7-8,10,12-13H,2-4,6,9,11H2,1H3,(H2,21,22,23,24). The zero-order chi connectivity index (χ0) is 16.8. The summed E-state index contributed by atoms with van der Waals surface area (Å²) in [5.74, 6) is 1.47. The van der Waals surface area contributed by atoms with E-state index in [2.05, 4.69) is 55.6 Å². The van der Waals surface area contributed by atoms with Crippen LogP contribution in [0.5, 0.6) is 0 Å². The number of halogens is 1. The van der Waals surface area contributed by atoms with Crippen LogP contribution >= 0.6 is 15.9 Å². The highest BCUT2D eigenvalue weighted by atomic mass is 79.9. The molecule has 5 heteroatoms. The van der Waals surface area contributed by atoms with Crippen molar-refractivity contribution in [2.45, 2.75) is 39.0 Å². The average Bonchev–Trinajstić information content (AvgIpc) is 2.60. The summed E-state index contributed by atoms with van der Waals surface area (Å²) in [7, 11) is 0. The molecule has 0 saturated carbocycles. The Balaban J connectivity index is 1.57. The van der Waals surface area contributed by atoms with E-state index in [0.717, 1.165) is 28.9 Å². The van der Waals surface area contributed by atoms with E-state index in [0.29, 0.717) is 5.95 Å². The summed E-state index contributed by atoms with van der Waals surface area (Å²) in [6.07, 6.45) is 10.4. The highest BCUT2D eigenvalue weighted by Crippen LogP contribution is 2.22. The number of aryl methyl sites for hydroxylation is 1. The van der Waals surface area contributed by atoms with Gasteiger partial charge in [0, 0.05) is 22.9 Å². The van der Waals surface area contributed by atoms with E-state index >= 15 is 0 Å². The molecule has 0 unspecified atom stereocenters. The SMILES string of the molecule is Cc1cc(Nc2nccc(NCCC3=CCCCC3)n2)ccc1Br. The Hall–Kier alpha value is -1.88. The molecule has 24 heavy (non-hydrogen) atoms. The lowest BCUT2D eigenvalue weighted by Gasteiger charge is -2.13. The van der Waals surface area contributed by atoms with Crippen LogP contribution in [0.2, 0.25) is 0 Å². The van der Waals surface area contributed by atoms with Gasteiger partial charge in [-0.25, -0.2) is 4.98 Å². The third-order valence-electron chi connectivity index (χ3n) is 4.21. The Morgan fingerprint density at radius 3 is 2.92 bits per heavy atom. The first-order valence-corrected chi connectivity index (χ1v) is 9.28. The van der Waals surface area contributed by atoms with Gasteiger partial charge < -0.3 is 10.6 Å². The molecule has 2 N–H and O–H groups in total. The number of nitrogens with one attached hydrogen (secondary N) is 2. The topological polar surface area (TPSA) is 49.8 Å². The highest BCUT2D eigenvalue weighted by molar-refractivity contribution is 9.10. The van der Waals surface area contributed by atoms with Crippen molar-refractivity contribution in [2.24, 2.45) is 0 Å². The lowest BCUT2D eigenvalue weighted by atomic mass is 9.97. The van der Waals surface area contributed by atoms with Crippen LogP contribution in [-0.4, -0.2) is 16.5 Å². The smallest absolute Gasteiger partial charge is 0.229 e. The van der Waals surface area contributed by atoms with Gasteiger partial charge in [-0.3, -0.25) is 0 Å². The van der Waals surface area contributed by atoms with Crippen LogP contribution in [0.15, 0.2) is 46.6 Å². The van der Waals surface area contributed by atoms with Gasteiger partial charge in [-0.05, 0) is 68.9 Å². The third-order valence-corrected chi connectivity index (χ3v) is 5.10. The maximum atomic E-state index is 4.54. The molecule has 0 bridgehead atoms. The minimum atomic E-state index is 0.610. The third kappa shape index (κ3) is 4.81. The number of hydrogen-bond acceptors (Lipinski definition) is 4. The zero-order valence-electron chi connectivity index (χ0n) is 14.0. The molecule has 0 saturated heterocycles. The summed E-state index contributed by atoms with van der Waals surface area (Å²) in [6, 6.07) is 8.02. The van der Waals surface area contributed by atoms with Gasteiger partial charge in [0.25, 0.3) is 0 Å². The second-order valence-corrected chi connectivity index (χ2v) is 6.99. The number of rotatable bonds is 6. The Labute approximate surface area is 151 Å². The number of allylic oxidation sites excluding steroid dienone is 1. The van der Waals surface area contributed by atoms with E-state index in [1.54, 1.807) is 11.8 Å². The number of hydrogen-bond donors (Lipinski definition) is 2. The Kier molecular flexibility index (Phi) is 5.86. The fraction of sp³-hybridized carbons (Fsp3) is 0.368. The van der Waals surface area contributed by atoms with Crippen molar-refractivity contribution < 1.29 is 0 Å². The molecule has 126 valence electrons. The normalized spacial score (nSPS) is 14.2. The molecule has 1 heterocycles. The van der Waals surface area contributed by atoms with Crippen LogP contribution in [0, 0.1) is 6.92 Å². The minimum absolute atomic E-state index is 0.610. The van der Waals surface area contributed by atoms with Crippen molar-refractivity contribution in [3.63, 3.8) is 0 Å². The number of anilines is 3. The van der Waals surface area contributed by atoms with Crippen molar-refractivity contribution in [3.05, 3.63) is 52.1 Å². The van der Waals surface area contributed by atoms with E-state index in [1.807, 2.05) is 18.2 Å². The Morgan fingerprint density at radius 2 is 2.12 bits per heavy atom. The molecule has 0 radical (unpaired) electrons. The van der Waals surface area contributed by atoms with E-state index in [4.69, 9.17) is 0 Å². The van der Waals surface area contributed by atoms with Crippen molar-refractivity contribution in [1.29, 1.82) is 0 Å². The van der Waals surface area contributed by atoms with E-state index < -0.39 is 0 Å². The van der Waals surface area contributed by atoms with Gasteiger partial charge in [0.15, 0.2) is 0 Å². The second kappa shape index (κ2) is 8.29. The predicted octanol–water partition coefficient (Wildman–Crippen LogP) is 5.59. The maximum Gasteiger partial charge on any atom is 0.229 e. The van der Waals surface area contributed by atoms with Gasteiger partial charge in [0.1, 0.15) is 5.82 Å². The molecular weight excluding hydrogens is 364 g/mol. The molecule has 0 amide bonds. The molecule has 1 aliphatic carbocycles. The summed E-state index contributed by atoms with van der Waals surface area (Å²) < 4.78 is 1.10. The van der Waals surface area contributed by atoms with E-state index in [9.17, 15) is 0 Å². The maximum absolute atomic E-state index is 4.54. The average molecular weight is 387 g/mol. The lowest BCUT2D eigenvalue weighted by molar-refractivity contribution is 0.679. The summed E-state index contributed by atoms with van der Waals surface area (Å²) in [6.45, 7) is 2.98. The number of aromatic nitrogens is 2.